The first-order chi connectivity index (χ1) is 8.52. The molecule has 18 heavy (non-hydrogen) atoms. The maximum Gasteiger partial charge on any atom is 0.221 e. The standard InChI is InChI=1S/C14H20ClNO2/c1-10-4-5-13(11(2)8-10)18-12(3)9-16-14(17)6-7-15/h4-5,8,12H,6-7,9H2,1-3H3,(H,16,17). The van der Waals surface area contributed by atoms with Gasteiger partial charge in [0.15, 0.2) is 0 Å². The summed E-state index contributed by atoms with van der Waals surface area (Å²) in [6.07, 6.45) is 0.281. The summed E-state index contributed by atoms with van der Waals surface area (Å²) >= 11 is 5.48. The third-order valence-corrected chi connectivity index (χ3v) is 2.76. The largest absolute Gasteiger partial charge is 0.489 e. The molecule has 0 heterocycles. The summed E-state index contributed by atoms with van der Waals surface area (Å²) in [5.74, 6) is 1.17. The van der Waals surface area contributed by atoms with Crippen molar-refractivity contribution in [3.05, 3.63) is 29.3 Å². The number of halogens is 1. The zero-order valence-electron chi connectivity index (χ0n) is 11.1. The van der Waals surface area contributed by atoms with E-state index in [0.29, 0.717) is 18.8 Å². The van der Waals surface area contributed by atoms with Gasteiger partial charge in [0.25, 0.3) is 0 Å². The van der Waals surface area contributed by atoms with Crippen LogP contribution in [0.3, 0.4) is 0 Å². The van der Waals surface area contributed by atoms with Gasteiger partial charge in [-0.05, 0) is 32.4 Å². The fourth-order valence-electron chi connectivity index (χ4n) is 1.62. The predicted molar refractivity (Wildman–Crippen MR) is 74.4 cm³/mol. The normalized spacial score (nSPS) is 12.0. The second-order valence-electron chi connectivity index (χ2n) is 4.44. The highest BCUT2D eigenvalue weighted by atomic mass is 35.5. The van der Waals surface area contributed by atoms with E-state index >= 15 is 0 Å². The second kappa shape index (κ2) is 7.27. The summed E-state index contributed by atoms with van der Waals surface area (Å²) in [5, 5.41) is 2.79. The summed E-state index contributed by atoms with van der Waals surface area (Å²) in [4.78, 5) is 11.3. The fraction of sp³-hybridized carbons (Fsp3) is 0.500. The van der Waals surface area contributed by atoms with Crippen molar-refractivity contribution in [2.45, 2.75) is 33.3 Å². The Bertz CT molecular complexity index is 407. The van der Waals surface area contributed by atoms with Crippen molar-refractivity contribution in [3.8, 4) is 5.75 Å². The molecule has 3 nitrogen and oxygen atoms in total. The first kappa shape index (κ1) is 14.8. The molecule has 0 saturated heterocycles. The minimum atomic E-state index is -0.0642. The van der Waals surface area contributed by atoms with Gasteiger partial charge < -0.3 is 10.1 Å². The van der Waals surface area contributed by atoms with Gasteiger partial charge in [-0.15, -0.1) is 11.6 Å². The average Bonchev–Trinajstić information content (AvgIpc) is 2.31. The van der Waals surface area contributed by atoms with Gasteiger partial charge in [-0.2, -0.15) is 0 Å². The third kappa shape index (κ3) is 4.96. The molecule has 0 aromatic heterocycles. The molecule has 4 heteroatoms. The highest BCUT2D eigenvalue weighted by Crippen LogP contribution is 2.19. The van der Waals surface area contributed by atoms with Crippen LogP contribution in [-0.4, -0.2) is 24.4 Å². The van der Waals surface area contributed by atoms with E-state index in [1.807, 2.05) is 32.9 Å². The highest BCUT2D eigenvalue weighted by Gasteiger charge is 2.08. The summed E-state index contributed by atoms with van der Waals surface area (Å²) in [7, 11) is 0. The van der Waals surface area contributed by atoms with Crippen LogP contribution in [0.5, 0.6) is 5.75 Å². The van der Waals surface area contributed by atoms with Crippen LogP contribution < -0.4 is 10.1 Å². The van der Waals surface area contributed by atoms with E-state index in [-0.39, 0.29) is 12.0 Å². The van der Waals surface area contributed by atoms with Crippen molar-refractivity contribution in [1.29, 1.82) is 0 Å². The summed E-state index contributed by atoms with van der Waals surface area (Å²) in [6.45, 7) is 6.48. The van der Waals surface area contributed by atoms with Crippen molar-refractivity contribution >= 4 is 17.5 Å². The Balaban J connectivity index is 2.44. The molecular weight excluding hydrogens is 250 g/mol. The van der Waals surface area contributed by atoms with Crippen molar-refractivity contribution in [1.82, 2.24) is 5.32 Å². The lowest BCUT2D eigenvalue weighted by atomic mass is 10.1. The minimum absolute atomic E-state index is 0.0407. The number of ether oxygens (including phenoxy) is 1. The molecule has 0 aliphatic carbocycles. The Morgan fingerprint density at radius 1 is 1.44 bits per heavy atom. The number of amides is 1. The van der Waals surface area contributed by atoms with E-state index in [4.69, 9.17) is 16.3 Å². The number of carbonyl (C=O) groups is 1. The van der Waals surface area contributed by atoms with E-state index in [1.54, 1.807) is 0 Å². The molecule has 1 unspecified atom stereocenters. The number of nitrogens with one attached hydrogen (secondary N) is 1. The SMILES string of the molecule is Cc1ccc(OC(C)CNC(=O)CCCl)c(C)c1. The molecule has 1 atom stereocenters. The Morgan fingerprint density at radius 3 is 2.78 bits per heavy atom. The van der Waals surface area contributed by atoms with Crippen LogP contribution in [0.4, 0.5) is 0 Å². The number of benzene rings is 1. The van der Waals surface area contributed by atoms with E-state index in [9.17, 15) is 4.79 Å². The summed E-state index contributed by atoms with van der Waals surface area (Å²) in [6, 6.07) is 6.05. The van der Waals surface area contributed by atoms with Crippen LogP contribution in [0, 0.1) is 13.8 Å². The quantitative estimate of drug-likeness (QED) is 0.807. The molecule has 100 valence electrons. The lowest BCUT2D eigenvalue weighted by Crippen LogP contribution is -2.33. The van der Waals surface area contributed by atoms with Crippen LogP contribution >= 0.6 is 11.6 Å². The molecule has 1 aromatic carbocycles. The van der Waals surface area contributed by atoms with Gasteiger partial charge in [0, 0.05) is 12.3 Å². The molecular formula is C14H20ClNO2. The van der Waals surface area contributed by atoms with Crippen molar-refractivity contribution in [2.24, 2.45) is 0 Å². The first-order valence-electron chi connectivity index (χ1n) is 6.09. The van der Waals surface area contributed by atoms with Gasteiger partial charge in [-0.1, -0.05) is 17.7 Å². The van der Waals surface area contributed by atoms with Crippen LogP contribution in [0.25, 0.3) is 0 Å². The van der Waals surface area contributed by atoms with Crippen LogP contribution in [-0.2, 0) is 4.79 Å². The average molecular weight is 270 g/mol. The zero-order valence-corrected chi connectivity index (χ0v) is 11.9. The topological polar surface area (TPSA) is 38.3 Å². The van der Waals surface area contributed by atoms with Crippen LogP contribution in [0.2, 0.25) is 0 Å². The third-order valence-electron chi connectivity index (χ3n) is 2.57. The van der Waals surface area contributed by atoms with Gasteiger partial charge in [0.05, 0.1) is 6.54 Å². The lowest BCUT2D eigenvalue weighted by Gasteiger charge is -2.17. The number of rotatable bonds is 6. The molecule has 0 saturated carbocycles. The maximum atomic E-state index is 11.3. The van der Waals surface area contributed by atoms with E-state index in [1.165, 1.54) is 5.56 Å². The van der Waals surface area contributed by atoms with E-state index in [2.05, 4.69) is 11.4 Å². The Kier molecular flexibility index (Phi) is 5.99. The Hall–Kier alpha value is -1.22. The Morgan fingerprint density at radius 2 is 2.17 bits per heavy atom. The van der Waals surface area contributed by atoms with Crippen molar-refractivity contribution in [3.63, 3.8) is 0 Å². The van der Waals surface area contributed by atoms with Crippen LogP contribution in [0.15, 0.2) is 18.2 Å². The molecule has 0 fully saturated rings. The first-order valence-corrected chi connectivity index (χ1v) is 6.63. The van der Waals surface area contributed by atoms with Crippen molar-refractivity contribution < 1.29 is 9.53 Å². The predicted octanol–water partition coefficient (Wildman–Crippen LogP) is 2.82. The minimum Gasteiger partial charge on any atom is -0.489 e. The van der Waals surface area contributed by atoms with Gasteiger partial charge >= 0.3 is 0 Å². The number of hydrogen-bond acceptors (Lipinski definition) is 2. The molecule has 0 aliphatic heterocycles. The molecule has 0 radical (unpaired) electrons. The van der Waals surface area contributed by atoms with Gasteiger partial charge in [0.2, 0.25) is 5.91 Å². The molecule has 1 N–H and O–H groups in total. The van der Waals surface area contributed by atoms with Gasteiger partial charge in [-0.25, -0.2) is 0 Å². The monoisotopic (exact) mass is 269 g/mol. The summed E-state index contributed by atoms with van der Waals surface area (Å²) < 4.78 is 5.78. The molecule has 0 bridgehead atoms. The molecule has 1 amide bonds. The number of carbonyl (C=O) groups excluding carboxylic acids is 1. The highest BCUT2D eigenvalue weighted by molar-refractivity contribution is 6.18. The molecule has 0 aliphatic rings. The van der Waals surface area contributed by atoms with Crippen molar-refractivity contribution in [2.75, 3.05) is 12.4 Å². The van der Waals surface area contributed by atoms with Gasteiger partial charge in [0.1, 0.15) is 11.9 Å². The smallest absolute Gasteiger partial charge is 0.221 e. The Labute approximate surface area is 113 Å². The number of aryl methyl sites for hydroxylation is 2. The van der Waals surface area contributed by atoms with E-state index < -0.39 is 0 Å². The molecule has 1 aromatic rings. The lowest BCUT2D eigenvalue weighted by molar-refractivity contribution is -0.121. The van der Waals surface area contributed by atoms with Crippen LogP contribution in [0.1, 0.15) is 24.5 Å². The fourth-order valence-corrected chi connectivity index (χ4v) is 1.79. The molecule has 0 spiro atoms. The van der Waals surface area contributed by atoms with E-state index in [0.717, 1.165) is 11.3 Å². The molecule has 1 rings (SSSR count). The number of hydrogen-bond donors (Lipinski definition) is 1. The zero-order chi connectivity index (χ0) is 13.5. The second-order valence-corrected chi connectivity index (χ2v) is 4.82. The van der Waals surface area contributed by atoms with Gasteiger partial charge in [-0.3, -0.25) is 4.79 Å². The summed E-state index contributed by atoms with van der Waals surface area (Å²) in [5.41, 5.74) is 2.32. The number of alkyl halides is 1. The maximum absolute atomic E-state index is 11.3.